The molecule has 8 heteroatoms. The zero-order valence-electron chi connectivity index (χ0n) is 14.2. The molecule has 0 radical (unpaired) electrons. The number of amides is 1. The van der Waals surface area contributed by atoms with Crippen LogP contribution in [0.4, 0.5) is 4.79 Å². The Morgan fingerprint density at radius 2 is 2.17 bits per heavy atom. The van der Waals surface area contributed by atoms with Crippen molar-refractivity contribution < 1.29 is 23.6 Å². The van der Waals surface area contributed by atoms with Gasteiger partial charge in [-0.2, -0.15) is 0 Å². The van der Waals surface area contributed by atoms with Crippen molar-refractivity contribution in [3.63, 3.8) is 0 Å². The summed E-state index contributed by atoms with van der Waals surface area (Å²) in [5.74, 6) is 0.712. The fourth-order valence-corrected chi connectivity index (χ4v) is 3.06. The van der Waals surface area contributed by atoms with Crippen LogP contribution in [0.3, 0.4) is 0 Å². The molecule has 1 amide bonds. The van der Waals surface area contributed by atoms with E-state index in [0.29, 0.717) is 17.4 Å². The largest absolute Gasteiger partial charge is 0.498 e. The minimum absolute atomic E-state index is 0.105. The van der Waals surface area contributed by atoms with Crippen LogP contribution in [0, 0.1) is 0 Å². The lowest BCUT2D eigenvalue weighted by Gasteiger charge is -2.21. The predicted molar refractivity (Wildman–Crippen MR) is 90.9 cm³/mol. The second-order valence-electron chi connectivity index (χ2n) is 6.97. The first-order chi connectivity index (χ1) is 11.2. The van der Waals surface area contributed by atoms with Crippen LogP contribution in [0.5, 0.6) is 5.75 Å². The van der Waals surface area contributed by atoms with Gasteiger partial charge in [-0.25, -0.2) is 4.79 Å². The van der Waals surface area contributed by atoms with E-state index in [0.717, 1.165) is 11.0 Å². The molecule has 130 valence electrons. The van der Waals surface area contributed by atoms with E-state index in [1.165, 1.54) is 0 Å². The van der Waals surface area contributed by atoms with Gasteiger partial charge >= 0.3 is 13.2 Å². The molecule has 24 heavy (non-hydrogen) atoms. The van der Waals surface area contributed by atoms with E-state index in [-0.39, 0.29) is 12.6 Å². The van der Waals surface area contributed by atoms with Crippen molar-refractivity contribution in [1.29, 1.82) is 0 Å². The molecule has 1 aromatic carbocycles. The molecule has 1 N–H and O–H groups in total. The van der Waals surface area contributed by atoms with Gasteiger partial charge in [-0.05, 0) is 39.8 Å². The van der Waals surface area contributed by atoms with E-state index < -0.39 is 24.9 Å². The highest BCUT2D eigenvalue weighted by atomic mass is 35.5. The van der Waals surface area contributed by atoms with Gasteiger partial charge in [0, 0.05) is 22.6 Å². The highest BCUT2D eigenvalue weighted by Gasteiger charge is 2.44. The first-order valence-electron chi connectivity index (χ1n) is 7.97. The second kappa shape index (κ2) is 6.46. The van der Waals surface area contributed by atoms with Crippen molar-refractivity contribution >= 4 is 30.3 Å². The topological polar surface area (TPSA) is 66.0 Å². The van der Waals surface area contributed by atoms with E-state index in [1.807, 2.05) is 33.8 Å². The Balaban J connectivity index is 1.78. The molecule has 0 aromatic heterocycles. The third-order valence-corrected chi connectivity index (χ3v) is 4.03. The van der Waals surface area contributed by atoms with Gasteiger partial charge in [-0.3, -0.25) is 0 Å². The summed E-state index contributed by atoms with van der Waals surface area (Å²) in [5.41, 5.74) is 1.05. The molecule has 0 saturated carbocycles. The van der Waals surface area contributed by atoms with Crippen molar-refractivity contribution in [2.24, 2.45) is 0 Å². The molecule has 2 aliphatic rings. The number of halogens is 1. The minimum Gasteiger partial charge on any atom is -0.491 e. The summed E-state index contributed by atoms with van der Waals surface area (Å²) in [7, 11) is -0.545. The summed E-state index contributed by atoms with van der Waals surface area (Å²) in [6.07, 6.45) is -1.02. The van der Waals surface area contributed by atoms with Crippen molar-refractivity contribution in [2.45, 2.75) is 45.5 Å². The number of rotatable bonds is 2. The Bertz CT molecular complexity index is 648. The smallest absolute Gasteiger partial charge is 0.491 e. The zero-order chi connectivity index (χ0) is 17.5. The summed E-state index contributed by atoms with van der Waals surface area (Å²) in [6.45, 7) is 8.04. The lowest BCUT2D eigenvalue weighted by Crippen LogP contribution is -2.36. The summed E-state index contributed by atoms with van der Waals surface area (Å²) in [6, 6.07) is 3.60. The summed E-state index contributed by atoms with van der Waals surface area (Å²) >= 11 is 6.36. The van der Waals surface area contributed by atoms with Crippen molar-refractivity contribution in [3.05, 3.63) is 22.7 Å². The van der Waals surface area contributed by atoms with Gasteiger partial charge in [0.15, 0.2) is 0 Å². The standard InChI is InChI=1S/C16H21BClNO5/c1-9-8-21-11-6-5-10(18)13-12(24-17(23-9)14(11)13)7-19-15(20)22-16(2,3)4/h5-6,9,12H,7-8H2,1-4H3,(H,19,20). The molecule has 6 nitrogen and oxygen atoms in total. The van der Waals surface area contributed by atoms with Crippen LogP contribution < -0.4 is 15.5 Å². The Morgan fingerprint density at radius 1 is 1.42 bits per heavy atom. The van der Waals surface area contributed by atoms with Crippen molar-refractivity contribution in [1.82, 2.24) is 5.32 Å². The van der Waals surface area contributed by atoms with E-state index >= 15 is 0 Å². The zero-order valence-corrected chi connectivity index (χ0v) is 15.0. The van der Waals surface area contributed by atoms with E-state index in [9.17, 15) is 4.79 Å². The highest BCUT2D eigenvalue weighted by molar-refractivity contribution is 6.64. The van der Waals surface area contributed by atoms with Gasteiger partial charge in [-0.1, -0.05) is 11.6 Å². The summed E-state index contributed by atoms with van der Waals surface area (Å²) in [5, 5.41) is 3.28. The average Bonchev–Trinajstić information content (AvgIpc) is 2.74. The number of alkyl carbamates (subject to hydrolysis) is 1. The van der Waals surface area contributed by atoms with Gasteiger partial charge in [0.1, 0.15) is 18.0 Å². The highest BCUT2D eigenvalue weighted by Crippen LogP contribution is 2.35. The summed E-state index contributed by atoms with van der Waals surface area (Å²) in [4.78, 5) is 11.9. The number of carbonyl (C=O) groups excluding carboxylic acids is 1. The maximum Gasteiger partial charge on any atom is 0.498 e. The molecule has 0 spiro atoms. The molecule has 0 bridgehead atoms. The molecule has 0 fully saturated rings. The number of ether oxygens (including phenoxy) is 2. The van der Waals surface area contributed by atoms with Crippen LogP contribution in [-0.2, 0) is 14.0 Å². The normalized spacial score (nSPS) is 22.5. The van der Waals surface area contributed by atoms with E-state index in [2.05, 4.69) is 5.32 Å². The molecular formula is C16H21BClNO5. The molecule has 0 saturated heterocycles. The third-order valence-electron chi connectivity index (χ3n) is 3.70. The van der Waals surface area contributed by atoms with Gasteiger partial charge < -0.3 is 24.1 Å². The maximum absolute atomic E-state index is 11.9. The lowest BCUT2D eigenvalue weighted by molar-refractivity contribution is 0.0485. The van der Waals surface area contributed by atoms with Crippen LogP contribution in [0.2, 0.25) is 5.02 Å². The fraction of sp³-hybridized carbons (Fsp3) is 0.562. The maximum atomic E-state index is 11.9. The number of hydrogen-bond donors (Lipinski definition) is 1. The molecule has 2 atom stereocenters. The average molecular weight is 354 g/mol. The first kappa shape index (κ1) is 17.4. The van der Waals surface area contributed by atoms with Crippen molar-refractivity contribution in [3.8, 4) is 5.75 Å². The van der Waals surface area contributed by atoms with Crippen molar-refractivity contribution in [2.75, 3.05) is 13.2 Å². The summed E-state index contributed by atoms with van der Waals surface area (Å²) < 4.78 is 22.8. The Hall–Kier alpha value is -1.44. The van der Waals surface area contributed by atoms with Crippen LogP contribution >= 0.6 is 11.6 Å². The molecular weight excluding hydrogens is 332 g/mol. The number of carbonyl (C=O) groups is 1. The fourth-order valence-electron chi connectivity index (χ4n) is 2.77. The third kappa shape index (κ3) is 3.63. The van der Waals surface area contributed by atoms with Gasteiger partial charge in [0.2, 0.25) is 0 Å². The molecule has 2 unspecified atom stereocenters. The van der Waals surface area contributed by atoms with Crippen LogP contribution in [-0.4, -0.2) is 38.1 Å². The van der Waals surface area contributed by atoms with E-state index in [1.54, 1.807) is 6.07 Å². The van der Waals surface area contributed by atoms with Gasteiger partial charge in [-0.15, -0.1) is 0 Å². The van der Waals surface area contributed by atoms with E-state index in [4.69, 9.17) is 30.4 Å². The van der Waals surface area contributed by atoms with Crippen LogP contribution in [0.1, 0.15) is 39.4 Å². The second-order valence-corrected chi connectivity index (χ2v) is 7.38. The molecule has 1 aromatic rings. The quantitative estimate of drug-likeness (QED) is 0.827. The number of hydrogen-bond acceptors (Lipinski definition) is 5. The Morgan fingerprint density at radius 3 is 2.88 bits per heavy atom. The predicted octanol–water partition coefficient (Wildman–Crippen LogP) is 2.43. The lowest BCUT2D eigenvalue weighted by atomic mass is 9.77. The first-order valence-corrected chi connectivity index (χ1v) is 8.35. The molecule has 2 aliphatic heterocycles. The Kier molecular flexibility index (Phi) is 4.68. The molecule has 3 rings (SSSR count). The van der Waals surface area contributed by atoms with Crippen LogP contribution in [0.15, 0.2) is 12.1 Å². The number of benzene rings is 1. The number of nitrogens with one attached hydrogen (secondary N) is 1. The van der Waals surface area contributed by atoms with Crippen LogP contribution in [0.25, 0.3) is 0 Å². The Labute approximate surface area is 146 Å². The SMILES string of the molecule is CC1COc2ccc(Cl)c3c2B(O1)OC3CNC(=O)OC(C)(C)C. The minimum atomic E-state index is -0.556. The molecule has 0 aliphatic carbocycles. The monoisotopic (exact) mass is 353 g/mol. The molecule has 2 heterocycles. The van der Waals surface area contributed by atoms with Gasteiger partial charge in [0.05, 0.1) is 12.2 Å². The van der Waals surface area contributed by atoms with Gasteiger partial charge in [0.25, 0.3) is 0 Å².